The Hall–Kier alpha value is -0.900. The van der Waals surface area contributed by atoms with Crippen LogP contribution in [0.4, 0.5) is 5.13 Å². The molecule has 4 heteroatoms. The van der Waals surface area contributed by atoms with Crippen LogP contribution in [0, 0.1) is 12.8 Å². The van der Waals surface area contributed by atoms with Crippen molar-refractivity contribution in [3.05, 3.63) is 11.1 Å². The standard InChI is InChI=1S/C11H16N2OS/c1-8-7-15-11(12-8)13(2)10(14)9-5-3-4-6-9/h7,9H,3-6H2,1-2H3. The zero-order valence-corrected chi connectivity index (χ0v) is 10.0. The quantitative estimate of drug-likeness (QED) is 0.773. The minimum Gasteiger partial charge on any atom is -0.291 e. The number of aryl methyl sites for hydroxylation is 1. The minimum absolute atomic E-state index is 0.235. The highest BCUT2D eigenvalue weighted by Gasteiger charge is 2.26. The molecule has 82 valence electrons. The molecular weight excluding hydrogens is 208 g/mol. The van der Waals surface area contributed by atoms with Gasteiger partial charge in [-0.2, -0.15) is 0 Å². The first kappa shape index (κ1) is 10.6. The summed E-state index contributed by atoms with van der Waals surface area (Å²) in [5.74, 6) is 0.473. The molecule has 1 saturated carbocycles. The van der Waals surface area contributed by atoms with Crippen LogP contribution in [0.3, 0.4) is 0 Å². The van der Waals surface area contributed by atoms with Crippen molar-refractivity contribution >= 4 is 22.4 Å². The van der Waals surface area contributed by atoms with Gasteiger partial charge in [-0.05, 0) is 19.8 Å². The van der Waals surface area contributed by atoms with E-state index in [1.165, 1.54) is 24.2 Å². The Morgan fingerprint density at radius 2 is 2.20 bits per heavy atom. The molecule has 15 heavy (non-hydrogen) atoms. The van der Waals surface area contributed by atoms with E-state index < -0.39 is 0 Å². The predicted octanol–water partition coefficient (Wildman–Crippen LogP) is 2.60. The van der Waals surface area contributed by atoms with Gasteiger partial charge in [0.2, 0.25) is 5.91 Å². The second kappa shape index (κ2) is 4.31. The maximum atomic E-state index is 12.0. The molecule has 1 amide bonds. The molecule has 2 rings (SSSR count). The highest BCUT2D eigenvalue weighted by molar-refractivity contribution is 7.14. The third-order valence-electron chi connectivity index (χ3n) is 2.93. The summed E-state index contributed by atoms with van der Waals surface area (Å²) in [7, 11) is 1.83. The molecule has 0 bridgehead atoms. The maximum absolute atomic E-state index is 12.0. The summed E-state index contributed by atoms with van der Waals surface area (Å²) in [4.78, 5) is 18.1. The van der Waals surface area contributed by atoms with Crippen molar-refractivity contribution in [2.75, 3.05) is 11.9 Å². The SMILES string of the molecule is Cc1csc(N(C)C(=O)C2CCCC2)n1. The van der Waals surface area contributed by atoms with E-state index in [2.05, 4.69) is 4.98 Å². The molecule has 0 saturated heterocycles. The number of rotatable bonds is 2. The van der Waals surface area contributed by atoms with Gasteiger partial charge in [0, 0.05) is 18.3 Å². The van der Waals surface area contributed by atoms with E-state index in [0.29, 0.717) is 0 Å². The molecule has 1 aromatic heterocycles. The van der Waals surface area contributed by atoms with Crippen molar-refractivity contribution < 1.29 is 4.79 Å². The fourth-order valence-electron chi connectivity index (χ4n) is 2.04. The third-order valence-corrected chi connectivity index (χ3v) is 3.96. The summed E-state index contributed by atoms with van der Waals surface area (Å²) < 4.78 is 0. The number of carbonyl (C=O) groups excluding carboxylic acids is 1. The largest absolute Gasteiger partial charge is 0.291 e. The molecule has 1 fully saturated rings. The third kappa shape index (κ3) is 2.20. The Morgan fingerprint density at radius 1 is 1.53 bits per heavy atom. The molecule has 3 nitrogen and oxygen atoms in total. The summed E-state index contributed by atoms with van der Waals surface area (Å²) in [6, 6.07) is 0. The lowest BCUT2D eigenvalue weighted by atomic mass is 10.1. The molecule has 1 aliphatic carbocycles. The normalized spacial score (nSPS) is 16.9. The van der Waals surface area contributed by atoms with Crippen LogP contribution in [-0.2, 0) is 4.79 Å². The first-order valence-electron chi connectivity index (χ1n) is 5.38. The molecule has 1 aliphatic rings. The number of thiazole rings is 1. The van der Waals surface area contributed by atoms with Gasteiger partial charge in [-0.3, -0.25) is 9.69 Å². The van der Waals surface area contributed by atoms with Crippen LogP contribution in [0.5, 0.6) is 0 Å². The summed E-state index contributed by atoms with van der Waals surface area (Å²) >= 11 is 1.54. The molecular formula is C11H16N2OS. The van der Waals surface area contributed by atoms with Gasteiger partial charge >= 0.3 is 0 Å². The fourth-order valence-corrected chi connectivity index (χ4v) is 2.81. The second-order valence-corrected chi connectivity index (χ2v) is 4.99. The van der Waals surface area contributed by atoms with Crippen molar-refractivity contribution in [1.82, 2.24) is 4.98 Å². The Kier molecular flexibility index (Phi) is 3.05. The maximum Gasteiger partial charge on any atom is 0.231 e. The van der Waals surface area contributed by atoms with Gasteiger partial charge in [0.25, 0.3) is 0 Å². The predicted molar refractivity (Wildman–Crippen MR) is 62.2 cm³/mol. The molecule has 1 heterocycles. The highest BCUT2D eigenvalue weighted by Crippen LogP contribution is 2.28. The lowest BCUT2D eigenvalue weighted by molar-refractivity contribution is -0.121. The van der Waals surface area contributed by atoms with Crippen LogP contribution in [0.1, 0.15) is 31.4 Å². The van der Waals surface area contributed by atoms with Gasteiger partial charge in [-0.1, -0.05) is 12.8 Å². The summed E-state index contributed by atoms with van der Waals surface area (Å²) in [6.45, 7) is 1.95. The van der Waals surface area contributed by atoms with Gasteiger partial charge in [-0.25, -0.2) is 4.98 Å². The Bertz CT molecular complexity index is 355. The number of nitrogens with zero attached hydrogens (tertiary/aromatic N) is 2. The van der Waals surface area contributed by atoms with E-state index in [1.807, 2.05) is 19.4 Å². The lowest BCUT2D eigenvalue weighted by Gasteiger charge is -2.17. The molecule has 0 N–H and O–H groups in total. The van der Waals surface area contributed by atoms with Gasteiger partial charge in [0.1, 0.15) is 0 Å². The van der Waals surface area contributed by atoms with Crippen LogP contribution < -0.4 is 4.90 Å². The van der Waals surface area contributed by atoms with E-state index in [1.54, 1.807) is 4.90 Å². The van der Waals surface area contributed by atoms with E-state index in [9.17, 15) is 4.79 Å². The Labute approximate surface area is 94.1 Å². The van der Waals surface area contributed by atoms with Gasteiger partial charge in [0.05, 0.1) is 5.69 Å². The number of amides is 1. The van der Waals surface area contributed by atoms with Crippen molar-refractivity contribution in [2.45, 2.75) is 32.6 Å². The van der Waals surface area contributed by atoms with E-state index >= 15 is 0 Å². The molecule has 0 unspecified atom stereocenters. The van der Waals surface area contributed by atoms with Crippen LogP contribution in [-0.4, -0.2) is 17.9 Å². The Balaban J connectivity index is 2.06. The van der Waals surface area contributed by atoms with E-state index in [0.717, 1.165) is 23.7 Å². The molecule has 1 aromatic rings. The van der Waals surface area contributed by atoms with Gasteiger partial charge in [-0.15, -0.1) is 11.3 Å². The zero-order chi connectivity index (χ0) is 10.8. The minimum atomic E-state index is 0.235. The second-order valence-electron chi connectivity index (χ2n) is 4.15. The smallest absolute Gasteiger partial charge is 0.231 e. The number of carbonyl (C=O) groups is 1. The van der Waals surface area contributed by atoms with Crippen LogP contribution in [0.15, 0.2) is 5.38 Å². The molecule has 0 spiro atoms. The van der Waals surface area contributed by atoms with Crippen molar-refractivity contribution in [3.63, 3.8) is 0 Å². The Morgan fingerprint density at radius 3 is 2.73 bits per heavy atom. The lowest BCUT2D eigenvalue weighted by Crippen LogP contribution is -2.31. The average molecular weight is 224 g/mol. The van der Waals surface area contributed by atoms with Crippen molar-refractivity contribution in [3.8, 4) is 0 Å². The number of anilines is 1. The average Bonchev–Trinajstić information content (AvgIpc) is 2.85. The van der Waals surface area contributed by atoms with Crippen molar-refractivity contribution in [1.29, 1.82) is 0 Å². The summed E-state index contributed by atoms with van der Waals surface area (Å²) in [6.07, 6.45) is 4.49. The van der Waals surface area contributed by atoms with Gasteiger partial charge < -0.3 is 0 Å². The monoisotopic (exact) mass is 224 g/mol. The van der Waals surface area contributed by atoms with E-state index in [4.69, 9.17) is 0 Å². The fraction of sp³-hybridized carbons (Fsp3) is 0.636. The van der Waals surface area contributed by atoms with Gasteiger partial charge in [0.15, 0.2) is 5.13 Å². The van der Waals surface area contributed by atoms with E-state index in [-0.39, 0.29) is 11.8 Å². The molecule has 0 radical (unpaired) electrons. The molecule has 0 atom stereocenters. The van der Waals surface area contributed by atoms with Crippen LogP contribution in [0.2, 0.25) is 0 Å². The topological polar surface area (TPSA) is 33.2 Å². The summed E-state index contributed by atoms with van der Waals surface area (Å²) in [5, 5.41) is 2.80. The van der Waals surface area contributed by atoms with Crippen molar-refractivity contribution in [2.24, 2.45) is 5.92 Å². The first-order chi connectivity index (χ1) is 7.18. The summed E-state index contributed by atoms with van der Waals surface area (Å²) in [5.41, 5.74) is 0.987. The highest BCUT2D eigenvalue weighted by atomic mass is 32.1. The number of hydrogen-bond donors (Lipinski definition) is 0. The van der Waals surface area contributed by atoms with Crippen LogP contribution >= 0.6 is 11.3 Å². The molecule has 0 aliphatic heterocycles. The number of hydrogen-bond acceptors (Lipinski definition) is 3. The first-order valence-corrected chi connectivity index (χ1v) is 6.26. The molecule has 0 aromatic carbocycles. The number of aromatic nitrogens is 1. The van der Waals surface area contributed by atoms with Crippen LogP contribution in [0.25, 0.3) is 0 Å². The zero-order valence-electron chi connectivity index (χ0n) is 9.19.